The first-order valence-electron chi connectivity index (χ1n) is 8.04. The predicted molar refractivity (Wildman–Crippen MR) is 92.1 cm³/mol. The highest BCUT2D eigenvalue weighted by molar-refractivity contribution is 6.29. The lowest BCUT2D eigenvalue weighted by atomic mass is 9.85. The van der Waals surface area contributed by atoms with E-state index in [9.17, 15) is 4.79 Å². The minimum Gasteiger partial charge on any atom is -0.338 e. The smallest absolute Gasteiger partial charge is 0.182 e. The van der Waals surface area contributed by atoms with Crippen LogP contribution in [0.1, 0.15) is 32.3 Å². The SMILES string of the molecule is CC1C/C(Cl)=C\C=C(\N2CCCc3ccccc32)C(=O)C1C. The van der Waals surface area contributed by atoms with Crippen molar-refractivity contribution in [2.24, 2.45) is 11.8 Å². The van der Waals surface area contributed by atoms with Crippen LogP contribution in [0.4, 0.5) is 5.69 Å². The molecule has 0 aromatic heterocycles. The molecule has 116 valence electrons. The Bertz CT molecular complexity index is 647. The summed E-state index contributed by atoms with van der Waals surface area (Å²) in [5, 5.41) is 0.828. The maximum Gasteiger partial charge on any atom is 0.182 e. The van der Waals surface area contributed by atoms with E-state index in [0.29, 0.717) is 0 Å². The second-order valence-corrected chi connectivity index (χ2v) is 6.87. The molecule has 2 atom stereocenters. The van der Waals surface area contributed by atoms with Crippen LogP contribution in [-0.4, -0.2) is 12.3 Å². The molecule has 22 heavy (non-hydrogen) atoms. The molecule has 1 aromatic carbocycles. The molecule has 0 bridgehead atoms. The van der Waals surface area contributed by atoms with Gasteiger partial charge in [-0.05, 0) is 49.0 Å². The van der Waals surface area contributed by atoms with E-state index in [4.69, 9.17) is 11.6 Å². The molecule has 2 unspecified atom stereocenters. The van der Waals surface area contributed by atoms with Crippen LogP contribution in [0.25, 0.3) is 0 Å². The van der Waals surface area contributed by atoms with Gasteiger partial charge in [0, 0.05) is 23.2 Å². The number of rotatable bonds is 1. The largest absolute Gasteiger partial charge is 0.338 e. The number of ketones is 1. The summed E-state index contributed by atoms with van der Waals surface area (Å²) in [7, 11) is 0. The third-order valence-corrected chi connectivity index (χ3v) is 5.14. The first kappa shape index (κ1) is 15.4. The lowest BCUT2D eigenvalue weighted by molar-refractivity contribution is -0.120. The Kier molecular flexibility index (Phi) is 4.39. The minimum atomic E-state index is -0.0113. The van der Waals surface area contributed by atoms with Gasteiger partial charge in [0.15, 0.2) is 5.78 Å². The Hall–Kier alpha value is -1.54. The van der Waals surface area contributed by atoms with Crippen LogP contribution in [0.15, 0.2) is 47.1 Å². The lowest BCUT2D eigenvalue weighted by Crippen LogP contribution is -2.36. The molecule has 1 heterocycles. The van der Waals surface area contributed by atoms with Crippen molar-refractivity contribution >= 4 is 23.1 Å². The molecule has 0 radical (unpaired) electrons. The average molecular weight is 316 g/mol. The number of anilines is 1. The van der Waals surface area contributed by atoms with Gasteiger partial charge in [-0.3, -0.25) is 4.79 Å². The lowest BCUT2D eigenvalue weighted by Gasteiger charge is -2.34. The van der Waals surface area contributed by atoms with Crippen LogP contribution in [0, 0.1) is 11.8 Å². The van der Waals surface area contributed by atoms with E-state index in [2.05, 4.69) is 30.0 Å². The number of Topliss-reactive ketones (excluding diaryl/α,β-unsaturated/α-hetero) is 1. The predicted octanol–water partition coefficient (Wildman–Crippen LogP) is 4.69. The van der Waals surface area contributed by atoms with E-state index in [0.717, 1.165) is 36.5 Å². The van der Waals surface area contributed by atoms with Crippen molar-refractivity contribution in [1.82, 2.24) is 0 Å². The molecule has 2 aliphatic rings. The second kappa shape index (κ2) is 6.29. The van der Waals surface area contributed by atoms with Crippen molar-refractivity contribution in [1.29, 1.82) is 0 Å². The van der Waals surface area contributed by atoms with E-state index in [1.807, 2.05) is 25.1 Å². The quantitative estimate of drug-likeness (QED) is 0.749. The van der Waals surface area contributed by atoms with Crippen molar-refractivity contribution in [2.45, 2.75) is 33.1 Å². The molecule has 0 amide bonds. The van der Waals surface area contributed by atoms with Gasteiger partial charge in [0.05, 0.1) is 5.70 Å². The van der Waals surface area contributed by atoms with Gasteiger partial charge in [0.1, 0.15) is 0 Å². The second-order valence-electron chi connectivity index (χ2n) is 6.38. The molecule has 0 saturated heterocycles. The number of nitrogens with zero attached hydrogens (tertiary/aromatic N) is 1. The Morgan fingerprint density at radius 1 is 1.18 bits per heavy atom. The van der Waals surface area contributed by atoms with E-state index in [-0.39, 0.29) is 17.6 Å². The number of fused-ring (bicyclic) bond motifs is 1. The van der Waals surface area contributed by atoms with E-state index >= 15 is 0 Å². The van der Waals surface area contributed by atoms with Gasteiger partial charge in [-0.15, -0.1) is 0 Å². The highest BCUT2D eigenvalue weighted by atomic mass is 35.5. The van der Waals surface area contributed by atoms with Crippen molar-refractivity contribution in [3.05, 3.63) is 52.7 Å². The summed E-state index contributed by atoms with van der Waals surface area (Å²) in [6.45, 7) is 5.01. The first-order valence-corrected chi connectivity index (χ1v) is 8.41. The zero-order valence-corrected chi connectivity index (χ0v) is 13.9. The summed E-state index contributed by atoms with van der Waals surface area (Å²) in [6.07, 6.45) is 6.73. The zero-order chi connectivity index (χ0) is 15.7. The Morgan fingerprint density at radius 2 is 1.95 bits per heavy atom. The van der Waals surface area contributed by atoms with Gasteiger partial charge in [-0.25, -0.2) is 0 Å². The van der Waals surface area contributed by atoms with Gasteiger partial charge < -0.3 is 4.90 Å². The van der Waals surface area contributed by atoms with Gasteiger partial charge in [0.25, 0.3) is 0 Å². The maximum absolute atomic E-state index is 12.9. The monoisotopic (exact) mass is 315 g/mol. The number of hydrogen-bond acceptors (Lipinski definition) is 2. The van der Waals surface area contributed by atoms with Crippen molar-refractivity contribution in [3.8, 4) is 0 Å². The number of benzene rings is 1. The number of carbonyl (C=O) groups is 1. The minimum absolute atomic E-state index is 0.0113. The summed E-state index contributed by atoms with van der Waals surface area (Å²) >= 11 is 6.29. The molecule has 0 N–H and O–H groups in total. The number of allylic oxidation sites excluding steroid dienone is 4. The van der Waals surface area contributed by atoms with Gasteiger partial charge in [-0.1, -0.05) is 43.6 Å². The number of para-hydroxylation sites is 1. The molecule has 2 nitrogen and oxygen atoms in total. The number of hydrogen-bond donors (Lipinski definition) is 0. The maximum atomic E-state index is 12.9. The number of aryl methyl sites for hydroxylation is 1. The summed E-state index contributed by atoms with van der Waals surface area (Å²) < 4.78 is 0. The zero-order valence-electron chi connectivity index (χ0n) is 13.2. The van der Waals surface area contributed by atoms with Crippen LogP contribution in [0.5, 0.6) is 0 Å². The number of halogens is 1. The van der Waals surface area contributed by atoms with Crippen molar-refractivity contribution in [3.63, 3.8) is 0 Å². The highest BCUT2D eigenvalue weighted by Crippen LogP contribution is 2.34. The third kappa shape index (κ3) is 2.85. The third-order valence-electron chi connectivity index (χ3n) is 4.86. The molecule has 0 spiro atoms. The van der Waals surface area contributed by atoms with Crippen LogP contribution in [-0.2, 0) is 11.2 Å². The molecule has 3 heteroatoms. The van der Waals surface area contributed by atoms with Crippen LogP contribution in [0.3, 0.4) is 0 Å². The Balaban J connectivity index is 2.04. The highest BCUT2D eigenvalue weighted by Gasteiger charge is 2.30. The fourth-order valence-electron chi connectivity index (χ4n) is 3.30. The molecular weight excluding hydrogens is 294 g/mol. The molecular formula is C19H22ClNO. The topological polar surface area (TPSA) is 20.3 Å². The standard InChI is InChI=1S/C19H22ClNO/c1-13-12-16(20)9-10-18(19(22)14(13)2)21-11-5-7-15-6-3-4-8-17(15)21/h3-4,6,8-10,13-14H,5,7,11-12H2,1-2H3/b16-9+,18-10+. The summed E-state index contributed by atoms with van der Waals surface area (Å²) in [5.74, 6) is 0.479. The molecule has 1 aliphatic heterocycles. The Labute approximate surface area is 137 Å². The fourth-order valence-corrected chi connectivity index (χ4v) is 3.61. The Morgan fingerprint density at radius 3 is 2.77 bits per heavy atom. The summed E-state index contributed by atoms with van der Waals surface area (Å²) in [5.41, 5.74) is 3.27. The van der Waals surface area contributed by atoms with Crippen LogP contribution in [0.2, 0.25) is 0 Å². The average Bonchev–Trinajstić information content (AvgIpc) is 2.53. The number of carbonyl (C=O) groups excluding carboxylic acids is 1. The van der Waals surface area contributed by atoms with E-state index in [1.165, 1.54) is 11.3 Å². The van der Waals surface area contributed by atoms with Gasteiger partial charge >= 0.3 is 0 Å². The first-order chi connectivity index (χ1) is 10.6. The molecule has 0 saturated carbocycles. The summed E-state index contributed by atoms with van der Waals surface area (Å²) in [4.78, 5) is 15.1. The van der Waals surface area contributed by atoms with Crippen molar-refractivity contribution < 1.29 is 4.79 Å². The molecule has 3 rings (SSSR count). The van der Waals surface area contributed by atoms with E-state index in [1.54, 1.807) is 0 Å². The summed E-state index contributed by atoms with van der Waals surface area (Å²) in [6, 6.07) is 8.38. The van der Waals surface area contributed by atoms with Crippen molar-refractivity contribution in [2.75, 3.05) is 11.4 Å². The molecule has 1 aromatic rings. The van der Waals surface area contributed by atoms with Crippen LogP contribution >= 0.6 is 11.6 Å². The molecule has 1 aliphatic carbocycles. The van der Waals surface area contributed by atoms with Gasteiger partial charge in [0.2, 0.25) is 0 Å². The van der Waals surface area contributed by atoms with E-state index < -0.39 is 0 Å². The normalized spacial score (nSPS) is 30.5. The fraction of sp³-hybridized carbons (Fsp3) is 0.421. The van der Waals surface area contributed by atoms with Gasteiger partial charge in [-0.2, -0.15) is 0 Å². The van der Waals surface area contributed by atoms with Crippen LogP contribution < -0.4 is 4.90 Å². The molecule has 0 fully saturated rings.